The molecule has 0 aliphatic carbocycles. The minimum absolute atomic E-state index is 0. The van der Waals surface area contributed by atoms with Crippen molar-refractivity contribution in [1.29, 1.82) is 0 Å². The van der Waals surface area contributed by atoms with Crippen molar-refractivity contribution in [3.8, 4) is 0 Å². The molecule has 0 aliphatic heterocycles. The molecule has 0 aliphatic rings. The van der Waals surface area contributed by atoms with Gasteiger partial charge in [-0.25, -0.2) is 0 Å². The molecule has 0 saturated heterocycles. The average Bonchev–Trinajstić information content (AvgIpc) is 1.91. The van der Waals surface area contributed by atoms with E-state index in [4.69, 9.17) is 0 Å². The Kier molecular flexibility index (Phi) is 9.20. The maximum atomic E-state index is 3.07. The fraction of sp³-hybridized carbons (Fsp3) is 1.00. The maximum Gasteiger partial charge on any atom is 0 e. The van der Waals surface area contributed by atoms with Gasteiger partial charge in [0.1, 0.15) is 0 Å². The van der Waals surface area contributed by atoms with Crippen molar-refractivity contribution in [2.45, 2.75) is 78.6 Å². The summed E-state index contributed by atoms with van der Waals surface area (Å²) in [5.74, 6) is 0. The summed E-state index contributed by atoms with van der Waals surface area (Å²) in [4.78, 5) is 0. The number of nitrogens with zero attached hydrogens (tertiary/aromatic N) is 2. The molecule has 0 fully saturated rings. The van der Waals surface area contributed by atoms with Gasteiger partial charge in [-0.15, -0.1) is 0 Å². The van der Waals surface area contributed by atoms with Crippen molar-refractivity contribution in [3.05, 3.63) is 0 Å². The van der Waals surface area contributed by atoms with Gasteiger partial charge in [0.05, 0.1) is 0 Å². The van der Waals surface area contributed by atoms with Crippen LogP contribution in [-0.4, -0.2) is 72.8 Å². The molecule has 0 N–H and O–H groups in total. The monoisotopic (exact) mass is 468 g/mol. The average molecular weight is 466 g/mol. The zero-order valence-electron chi connectivity index (χ0n) is 15.9. The molecule has 20 heavy (non-hydrogen) atoms. The molecule has 6 radical (unpaired) electrons. The fourth-order valence-electron chi connectivity index (χ4n) is 2.71. The van der Waals surface area contributed by atoms with Crippen molar-refractivity contribution in [1.82, 2.24) is 6.38 Å². The van der Waals surface area contributed by atoms with Crippen LogP contribution in [0.4, 0.5) is 0 Å². The summed E-state index contributed by atoms with van der Waals surface area (Å²) in [7, 11) is -4.76. The van der Waals surface area contributed by atoms with Crippen LogP contribution in [0.15, 0.2) is 0 Å². The Hall–Kier alpha value is 1.87. The van der Waals surface area contributed by atoms with Crippen LogP contribution in [0.3, 0.4) is 0 Å². The van der Waals surface area contributed by atoms with Gasteiger partial charge in [-0.05, 0) is 0 Å². The summed E-state index contributed by atoms with van der Waals surface area (Å²) in [6.07, 6.45) is 0. The summed E-state index contributed by atoms with van der Waals surface area (Å²) in [6, 6.07) is 0. The van der Waals surface area contributed by atoms with Crippen molar-refractivity contribution in [2.24, 2.45) is 0 Å². The Morgan fingerprint density at radius 1 is 0.450 bits per heavy atom. The van der Waals surface area contributed by atoms with Gasteiger partial charge < -0.3 is 0 Å². The van der Waals surface area contributed by atoms with E-state index in [1.807, 2.05) is 0 Å². The summed E-state index contributed by atoms with van der Waals surface area (Å²) < 4.78 is 6.13. The largest absolute Gasteiger partial charge is 0 e. The first-order valence-corrected chi connectivity index (χ1v) is 23.0. The number of rotatable bonds is 6. The quantitative estimate of drug-likeness (QED) is 0.545. The molecule has 0 unspecified atom stereocenters. The number of hydrogen-bond acceptors (Lipinski definition) is 2. The van der Waals surface area contributed by atoms with E-state index in [9.17, 15) is 0 Å². The third-order valence-corrected chi connectivity index (χ3v) is 36.1. The summed E-state index contributed by atoms with van der Waals surface area (Å²) >= 11 is -0.114. The number of hydrogen-bond donors (Lipinski definition) is 0. The summed E-state index contributed by atoms with van der Waals surface area (Å²) in [5.41, 5.74) is 0. The Morgan fingerprint density at radius 2 is 0.600 bits per heavy atom. The van der Waals surface area contributed by atoms with Crippen LogP contribution in [0.5, 0.6) is 0 Å². The molecule has 0 amide bonds. The SMILES string of the molecule is C[Si](C)(C)[N]([Ge][N]([Si](C)(C)C)[Si](C)(C)C)[Si](C)(C)C.[Ge]. The van der Waals surface area contributed by atoms with Crippen molar-refractivity contribution in [2.75, 3.05) is 0 Å². The Balaban J connectivity index is 0. The topological polar surface area (TPSA) is 6.48 Å². The predicted molar refractivity (Wildman–Crippen MR) is 109 cm³/mol. The van der Waals surface area contributed by atoms with E-state index in [0.717, 1.165) is 0 Å². The molecule has 0 rings (SSSR count). The normalized spacial score (nSPS) is 14.7. The fourth-order valence-corrected chi connectivity index (χ4v) is 32.1. The van der Waals surface area contributed by atoms with Crippen LogP contribution in [0, 0.1) is 0 Å². The third kappa shape index (κ3) is 7.93. The van der Waals surface area contributed by atoms with Crippen LogP contribution in [0.25, 0.3) is 0 Å². The molecule has 0 saturated carbocycles. The van der Waals surface area contributed by atoms with Crippen LogP contribution in [-0.2, 0) is 0 Å². The van der Waals surface area contributed by atoms with Crippen molar-refractivity contribution < 1.29 is 0 Å². The Morgan fingerprint density at radius 3 is 0.700 bits per heavy atom. The van der Waals surface area contributed by atoms with Gasteiger partial charge in [-0.1, -0.05) is 0 Å². The molecule has 118 valence electrons. The second kappa shape index (κ2) is 7.63. The first-order valence-electron chi connectivity index (χ1n) is 7.34. The van der Waals surface area contributed by atoms with Gasteiger partial charge in [0, 0.05) is 17.6 Å². The Labute approximate surface area is 150 Å². The van der Waals surface area contributed by atoms with Crippen LogP contribution >= 0.6 is 0 Å². The van der Waals surface area contributed by atoms with E-state index in [1.165, 1.54) is 0 Å². The van der Waals surface area contributed by atoms with Gasteiger partial charge in [0.2, 0.25) is 0 Å². The second-order valence-corrected chi connectivity index (χ2v) is 35.6. The molecule has 0 spiro atoms. The van der Waals surface area contributed by atoms with Gasteiger partial charge in [-0.2, -0.15) is 0 Å². The zero-order valence-corrected chi connectivity index (χ0v) is 24.1. The van der Waals surface area contributed by atoms with E-state index in [0.29, 0.717) is 0 Å². The molecule has 0 atom stereocenters. The molecule has 8 heteroatoms. The summed E-state index contributed by atoms with van der Waals surface area (Å²) in [6.45, 7) is 30.5. The van der Waals surface area contributed by atoms with Gasteiger partial charge in [0.15, 0.2) is 0 Å². The molecular formula is C12H36Ge2N2Si4. The summed E-state index contributed by atoms with van der Waals surface area (Å²) in [5, 5.41) is 0. The standard InChI is InChI=1S/C12H36GeN2Si4.Ge/c1-16(2,3)14(17(4,5)6)13-15(18(7,8)9)19(10,11)12;/h1-12H3;. The van der Waals surface area contributed by atoms with Crippen molar-refractivity contribution in [3.63, 3.8) is 0 Å². The van der Waals surface area contributed by atoms with E-state index < -0.39 is 32.9 Å². The van der Waals surface area contributed by atoms with E-state index >= 15 is 0 Å². The van der Waals surface area contributed by atoms with Gasteiger partial charge in [-0.3, -0.25) is 0 Å². The molecule has 0 heterocycles. The van der Waals surface area contributed by atoms with Crippen LogP contribution < -0.4 is 0 Å². The van der Waals surface area contributed by atoms with E-state index in [-0.39, 0.29) is 33.5 Å². The van der Waals surface area contributed by atoms with E-state index in [2.05, 4.69) is 84.9 Å². The smallest absolute Gasteiger partial charge is 0 e. The van der Waals surface area contributed by atoms with Gasteiger partial charge in [0.25, 0.3) is 0 Å². The molecule has 0 aromatic carbocycles. The molecule has 0 bridgehead atoms. The van der Waals surface area contributed by atoms with E-state index in [1.54, 1.807) is 0 Å². The Bertz CT molecular complexity index is 243. The molecule has 0 aromatic rings. The van der Waals surface area contributed by atoms with Crippen LogP contribution in [0.2, 0.25) is 78.6 Å². The molecule has 2 nitrogen and oxygen atoms in total. The third-order valence-electron chi connectivity index (χ3n) is 2.88. The van der Waals surface area contributed by atoms with Crippen LogP contribution in [0.1, 0.15) is 0 Å². The van der Waals surface area contributed by atoms with Gasteiger partial charge >= 0.3 is 134 Å². The molecule has 0 aromatic heterocycles. The maximum absolute atomic E-state index is 3.07. The zero-order chi connectivity index (χ0) is 15.9. The minimum Gasteiger partial charge on any atom is 0 e. The minimum atomic E-state index is -1.19. The first kappa shape index (κ1) is 24.1. The predicted octanol–water partition coefficient (Wildman–Crippen LogP) is 4.08. The first-order chi connectivity index (χ1) is 7.97. The van der Waals surface area contributed by atoms with Crippen molar-refractivity contribution >= 4 is 66.4 Å². The second-order valence-electron chi connectivity index (χ2n) is 9.45. The molecular weight excluding hydrogens is 430 g/mol.